The van der Waals surface area contributed by atoms with Crippen LogP contribution in [0.4, 0.5) is 5.95 Å². The maximum Gasteiger partial charge on any atom is 0.225 e. The molecule has 5 nitrogen and oxygen atoms in total. The van der Waals surface area contributed by atoms with Crippen molar-refractivity contribution in [1.29, 1.82) is 0 Å². The monoisotopic (exact) mass is 333 g/mol. The first-order valence-electron chi connectivity index (χ1n) is 7.06. The lowest BCUT2D eigenvalue weighted by Gasteiger charge is -2.39. The van der Waals surface area contributed by atoms with Crippen LogP contribution < -0.4 is 4.90 Å². The Morgan fingerprint density at radius 2 is 1.75 bits per heavy atom. The minimum absolute atomic E-state index is 0.522. The summed E-state index contributed by atoms with van der Waals surface area (Å²) in [6, 6.07) is 3.62. The third-order valence-corrected chi connectivity index (χ3v) is 4.85. The number of hydrogen-bond donors (Lipinski definition) is 0. The Morgan fingerprint density at radius 1 is 1.05 bits per heavy atom. The highest BCUT2D eigenvalue weighted by atomic mass is 79.9. The Morgan fingerprint density at radius 3 is 2.35 bits per heavy atom. The molecule has 2 aromatic heterocycles. The molecular weight excluding hydrogens is 318 g/mol. The van der Waals surface area contributed by atoms with Crippen molar-refractivity contribution in [3.8, 4) is 0 Å². The molecule has 0 radical (unpaired) electrons. The Kier molecular flexibility index (Phi) is 2.98. The maximum atomic E-state index is 4.48. The van der Waals surface area contributed by atoms with Crippen molar-refractivity contribution in [2.24, 2.45) is 0 Å². The molecule has 20 heavy (non-hydrogen) atoms. The minimum Gasteiger partial charge on any atom is -0.335 e. The topological polar surface area (TPSA) is 46.8 Å². The standard InChI is InChI=1S/C14H16BrN5/c15-10-8-16-14(17-9-10)20-11-2-3-12(20)7-13(6-11)19-5-1-4-18-19/h1,4-5,8-9,11-13H,2-3,6-7H2. The molecule has 2 bridgehead atoms. The fourth-order valence-corrected chi connectivity index (χ4v) is 3.83. The number of nitrogens with zero attached hydrogens (tertiary/aromatic N) is 5. The highest BCUT2D eigenvalue weighted by Gasteiger charge is 2.42. The van der Waals surface area contributed by atoms with Crippen LogP contribution in [0.15, 0.2) is 35.3 Å². The summed E-state index contributed by atoms with van der Waals surface area (Å²) in [6.07, 6.45) is 12.4. The van der Waals surface area contributed by atoms with Crippen molar-refractivity contribution in [2.75, 3.05) is 4.90 Å². The Hall–Kier alpha value is -1.43. The number of hydrogen-bond acceptors (Lipinski definition) is 4. The lowest BCUT2D eigenvalue weighted by molar-refractivity contribution is 0.312. The van der Waals surface area contributed by atoms with Crippen molar-refractivity contribution in [3.63, 3.8) is 0 Å². The lowest BCUT2D eigenvalue weighted by Crippen LogP contribution is -2.44. The minimum atomic E-state index is 0.522. The quantitative estimate of drug-likeness (QED) is 0.847. The zero-order valence-electron chi connectivity index (χ0n) is 11.1. The Bertz CT molecular complexity index is 568. The first-order valence-corrected chi connectivity index (χ1v) is 7.85. The molecule has 4 rings (SSSR count). The molecule has 0 aromatic carbocycles. The van der Waals surface area contributed by atoms with E-state index in [2.05, 4.69) is 46.8 Å². The Balaban J connectivity index is 1.58. The van der Waals surface area contributed by atoms with E-state index in [9.17, 15) is 0 Å². The number of rotatable bonds is 2. The Labute approximate surface area is 126 Å². The van der Waals surface area contributed by atoms with Gasteiger partial charge >= 0.3 is 0 Å². The van der Waals surface area contributed by atoms with Gasteiger partial charge in [-0.2, -0.15) is 5.10 Å². The molecule has 2 aliphatic heterocycles. The summed E-state index contributed by atoms with van der Waals surface area (Å²) < 4.78 is 3.05. The van der Waals surface area contributed by atoms with Crippen molar-refractivity contribution in [2.45, 2.75) is 43.8 Å². The molecule has 0 amide bonds. The van der Waals surface area contributed by atoms with E-state index >= 15 is 0 Å². The van der Waals surface area contributed by atoms with Crippen LogP contribution >= 0.6 is 15.9 Å². The summed E-state index contributed by atoms with van der Waals surface area (Å²) in [5, 5.41) is 4.41. The van der Waals surface area contributed by atoms with Crippen LogP contribution in [0, 0.1) is 0 Å². The molecule has 0 aliphatic carbocycles. The first-order chi connectivity index (χ1) is 9.81. The molecule has 0 spiro atoms. The van der Waals surface area contributed by atoms with E-state index in [4.69, 9.17) is 0 Å². The molecule has 2 atom stereocenters. The lowest BCUT2D eigenvalue weighted by atomic mass is 9.98. The molecule has 2 aliphatic rings. The van der Waals surface area contributed by atoms with Crippen LogP contribution in [0.5, 0.6) is 0 Å². The predicted molar refractivity (Wildman–Crippen MR) is 79.5 cm³/mol. The van der Waals surface area contributed by atoms with Gasteiger partial charge in [-0.05, 0) is 47.7 Å². The summed E-state index contributed by atoms with van der Waals surface area (Å²) in [4.78, 5) is 11.4. The van der Waals surface area contributed by atoms with Crippen LogP contribution in [0.25, 0.3) is 0 Å². The van der Waals surface area contributed by atoms with Crippen LogP contribution in [0.3, 0.4) is 0 Å². The van der Waals surface area contributed by atoms with E-state index in [1.54, 1.807) is 0 Å². The van der Waals surface area contributed by atoms with Gasteiger partial charge in [0.1, 0.15) is 0 Å². The second-order valence-electron chi connectivity index (χ2n) is 5.60. The zero-order chi connectivity index (χ0) is 13.5. The number of halogens is 1. The van der Waals surface area contributed by atoms with Crippen molar-refractivity contribution in [1.82, 2.24) is 19.7 Å². The summed E-state index contributed by atoms with van der Waals surface area (Å²) in [7, 11) is 0. The molecule has 4 heterocycles. The van der Waals surface area contributed by atoms with Gasteiger partial charge < -0.3 is 4.90 Å². The van der Waals surface area contributed by atoms with E-state index in [0.717, 1.165) is 23.3 Å². The smallest absolute Gasteiger partial charge is 0.225 e. The van der Waals surface area contributed by atoms with E-state index in [1.165, 1.54) is 12.8 Å². The average Bonchev–Trinajstić information content (AvgIpc) is 3.07. The molecule has 104 valence electrons. The fourth-order valence-electron chi connectivity index (χ4n) is 3.63. The van der Waals surface area contributed by atoms with Gasteiger partial charge in [-0.1, -0.05) is 0 Å². The molecular formula is C14H16BrN5. The number of aromatic nitrogens is 4. The van der Waals surface area contributed by atoms with Gasteiger partial charge in [-0.25, -0.2) is 9.97 Å². The van der Waals surface area contributed by atoms with Crippen molar-refractivity contribution >= 4 is 21.9 Å². The molecule has 2 saturated heterocycles. The van der Waals surface area contributed by atoms with E-state index < -0.39 is 0 Å². The highest BCUT2D eigenvalue weighted by molar-refractivity contribution is 9.10. The van der Waals surface area contributed by atoms with Gasteiger partial charge in [-0.15, -0.1) is 0 Å². The summed E-state index contributed by atoms with van der Waals surface area (Å²) in [6.45, 7) is 0. The van der Waals surface area contributed by atoms with E-state index in [-0.39, 0.29) is 0 Å². The van der Waals surface area contributed by atoms with Gasteiger partial charge in [0.2, 0.25) is 5.95 Å². The second kappa shape index (κ2) is 4.84. The third-order valence-electron chi connectivity index (χ3n) is 4.44. The first kappa shape index (κ1) is 12.3. The van der Waals surface area contributed by atoms with Crippen molar-refractivity contribution < 1.29 is 0 Å². The van der Waals surface area contributed by atoms with Gasteiger partial charge in [0.15, 0.2) is 0 Å². The van der Waals surface area contributed by atoms with E-state index in [0.29, 0.717) is 18.1 Å². The molecule has 2 unspecified atom stereocenters. The highest BCUT2D eigenvalue weighted by Crippen LogP contribution is 2.42. The molecule has 2 aromatic rings. The van der Waals surface area contributed by atoms with Crippen LogP contribution in [-0.2, 0) is 0 Å². The predicted octanol–water partition coefficient (Wildman–Crippen LogP) is 2.81. The largest absolute Gasteiger partial charge is 0.335 e. The summed E-state index contributed by atoms with van der Waals surface area (Å²) in [5.41, 5.74) is 0. The number of fused-ring (bicyclic) bond motifs is 2. The fraction of sp³-hybridized carbons (Fsp3) is 0.500. The summed E-state index contributed by atoms with van der Waals surface area (Å²) in [5.74, 6) is 0.875. The van der Waals surface area contributed by atoms with Gasteiger partial charge in [-0.3, -0.25) is 4.68 Å². The second-order valence-corrected chi connectivity index (χ2v) is 6.52. The molecule has 0 saturated carbocycles. The average molecular weight is 334 g/mol. The van der Waals surface area contributed by atoms with Crippen LogP contribution in [-0.4, -0.2) is 31.8 Å². The van der Waals surface area contributed by atoms with Gasteiger partial charge in [0.05, 0.1) is 10.5 Å². The third kappa shape index (κ3) is 2.02. The molecule has 6 heteroatoms. The van der Waals surface area contributed by atoms with E-state index in [1.807, 2.05) is 24.7 Å². The van der Waals surface area contributed by atoms with Crippen molar-refractivity contribution in [3.05, 3.63) is 35.3 Å². The maximum absolute atomic E-state index is 4.48. The molecule has 0 N–H and O–H groups in total. The van der Waals surface area contributed by atoms with Gasteiger partial charge in [0.25, 0.3) is 0 Å². The number of anilines is 1. The van der Waals surface area contributed by atoms with Crippen LogP contribution in [0.2, 0.25) is 0 Å². The van der Waals surface area contributed by atoms with Crippen LogP contribution in [0.1, 0.15) is 31.7 Å². The normalized spacial score (nSPS) is 28.9. The van der Waals surface area contributed by atoms with Gasteiger partial charge in [0, 0.05) is 36.9 Å². The molecule has 2 fully saturated rings. The number of piperidine rings is 1. The SMILES string of the molecule is Brc1cnc(N2C3CCC2CC(n2cccn2)C3)nc1. The summed E-state index contributed by atoms with van der Waals surface area (Å²) >= 11 is 3.40. The zero-order valence-corrected chi connectivity index (χ0v) is 12.6.